The highest BCUT2D eigenvalue weighted by molar-refractivity contribution is 5.75. The maximum absolute atomic E-state index is 12.6. The third kappa shape index (κ3) is 4.59. The Kier molecular flexibility index (Phi) is 6.43. The molecule has 0 unspecified atom stereocenters. The Labute approximate surface area is 190 Å². The van der Waals surface area contributed by atoms with Crippen LogP contribution in [0.2, 0.25) is 0 Å². The van der Waals surface area contributed by atoms with Crippen LogP contribution in [0.3, 0.4) is 0 Å². The monoisotopic (exact) mass is 451 g/mol. The van der Waals surface area contributed by atoms with Crippen molar-refractivity contribution >= 4 is 17.5 Å². The summed E-state index contributed by atoms with van der Waals surface area (Å²) in [6.07, 6.45) is 0.559. The molecule has 2 heterocycles. The van der Waals surface area contributed by atoms with E-state index in [4.69, 9.17) is 9.47 Å². The quantitative estimate of drug-likeness (QED) is 0.508. The van der Waals surface area contributed by atoms with Gasteiger partial charge in [-0.3, -0.25) is 19.0 Å². The van der Waals surface area contributed by atoms with Gasteiger partial charge in [0.15, 0.2) is 11.5 Å². The summed E-state index contributed by atoms with van der Waals surface area (Å²) in [6.45, 7) is 0.899. The number of nitrogens with one attached hydrogen (secondary N) is 1. The number of aromatic nitrogens is 3. The van der Waals surface area contributed by atoms with E-state index in [0.717, 1.165) is 15.9 Å². The lowest BCUT2D eigenvalue weighted by Crippen LogP contribution is -2.45. The molecule has 0 saturated heterocycles. The van der Waals surface area contributed by atoms with Crippen LogP contribution < -0.4 is 30.8 Å². The van der Waals surface area contributed by atoms with E-state index >= 15 is 0 Å². The van der Waals surface area contributed by atoms with Crippen LogP contribution in [0, 0.1) is 0 Å². The number of hydrogen-bond acceptors (Lipinski definition) is 7. The second-order valence-corrected chi connectivity index (χ2v) is 7.50. The number of hydrogen-bond donors (Lipinski definition) is 1. The lowest BCUT2D eigenvalue weighted by atomic mass is 10.1. The van der Waals surface area contributed by atoms with Crippen LogP contribution in [-0.4, -0.2) is 47.6 Å². The minimum atomic E-state index is -0.816. The number of carbonyl (C=O) groups is 1. The van der Waals surface area contributed by atoms with Gasteiger partial charge in [0, 0.05) is 25.3 Å². The number of para-hydroxylation sites is 1. The summed E-state index contributed by atoms with van der Waals surface area (Å²) in [5.74, 6) is 1.18. The van der Waals surface area contributed by atoms with E-state index in [1.807, 2.05) is 47.4 Å². The van der Waals surface area contributed by atoms with E-state index in [1.165, 1.54) is 4.57 Å². The summed E-state index contributed by atoms with van der Waals surface area (Å²) < 4.78 is 12.8. The average molecular weight is 451 g/mol. The highest BCUT2D eigenvalue weighted by atomic mass is 16.5. The van der Waals surface area contributed by atoms with E-state index in [1.54, 1.807) is 20.3 Å². The van der Waals surface area contributed by atoms with Crippen molar-refractivity contribution in [3.8, 4) is 11.5 Å². The van der Waals surface area contributed by atoms with Crippen LogP contribution in [0.1, 0.15) is 5.56 Å². The van der Waals surface area contributed by atoms with Crippen LogP contribution in [0.15, 0.2) is 58.1 Å². The molecule has 0 fully saturated rings. The average Bonchev–Trinajstić information content (AvgIpc) is 3.26. The first-order chi connectivity index (χ1) is 16.0. The van der Waals surface area contributed by atoms with E-state index in [9.17, 15) is 14.4 Å². The van der Waals surface area contributed by atoms with E-state index in [0.29, 0.717) is 43.5 Å². The predicted octanol–water partition coefficient (Wildman–Crippen LogP) is 0.933. The summed E-state index contributed by atoms with van der Waals surface area (Å²) in [5, 5.41) is 7.09. The lowest BCUT2D eigenvalue weighted by Gasteiger charge is -2.17. The molecule has 4 rings (SSSR count). The molecule has 33 heavy (non-hydrogen) atoms. The van der Waals surface area contributed by atoms with Gasteiger partial charge in [0.2, 0.25) is 11.9 Å². The van der Waals surface area contributed by atoms with Crippen LogP contribution in [0.25, 0.3) is 0 Å². The molecule has 172 valence electrons. The molecule has 10 nitrogen and oxygen atoms in total. The summed E-state index contributed by atoms with van der Waals surface area (Å²) in [5.41, 5.74) is 0.318. The highest BCUT2D eigenvalue weighted by Crippen LogP contribution is 2.28. The van der Waals surface area contributed by atoms with Gasteiger partial charge in [-0.1, -0.05) is 24.3 Å². The smallest absolute Gasteiger partial charge is 0.333 e. The van der Waals surface area contributed by atoms with Crippen LogP contribution in [-0.2, 0) is 24.3 Å². The molecular weight excluding hydrogens is 426 g/mol. The van der Waals surface area contributed by atoms with Gasteiger partial charge in [0.1, 0.15) is 6.54 Å². The Balaban J connectivity index is 1.44. The fraction of sp³-hybridized carbons (Fsp3) is 0.304. The third-order valence-corrected chi connectivity index (χ3v) is 5.45. The molecule has 2 aromatic carbocycles. The SMILES string of the molecule is COc1ccc(CCNC(=O)Cn2nc3n(c(=O)c2=O)CCN3c2ccccc2)cc1OC. The van der Waals surface area contributed by atoms with Crippen LogP contribution in [0.4, 0.5) is 11.6 Å². The number of ether oxygens (including phenoxy) is 2. The van der Waals surface area contributed by atoms with Crippen molar-refractivity contribution in [2.45, 2.75) is 19.5 Å². The van der Waals surface area contributed by atoms with Gasteiger partial charge in [-0.2, -0.15) is 0 Å². The topological polar surface area (TPSA) is 108 Å². The summed E-state index contributed by atoms with van der Waals surface area (Å²) >= 11 is 0. The molecule has 0 radical (unpaired) electrons. The second-order valence-electron chi connectivity index (χ2n) is 7.50. The Bertz CT molecular complexity index is 1270. The maximum Gasteiger partial charge on any atom is 0.333 e. The van der Waals surface area contributed by atoms with Gasteiger partial charge in [0.25, 0.3) is 0 Å². The number of fused-ring (bicyclic) bond motifs is 1. The summed E-state index contributed by atoms with van der Waals surface area (Å²) in [4.78, 5) is 39.4. The zero-order valence-electron chi connectivity index (χ0n) is 18.5. The molecule has 10 heteroatoms. The van der Waals surface area contributed by atoms with Gasteiger partial charge in [-0.15, -0.1) is 5.10 Å². The van der Waals surface area contributed by atoms with Crippen LogP contribution in [0.5, 0.6) is 11.5 Å². The predicted molar refractivity (Wildman–Crippen MR) is 122 cm³/mol. The fourth-order valence-electron chi connectivity index (χ4n) is 3.76. The van der Waals surface area contributed by atoms with E-state index in [2.05, 4.69) is 10.4 Å². The maximum atomic E-state index is 12.6. The number of benzene rings is 2. The first-order valence-corrected chi connectivity index (χ1v) is 10.5. The molecule has 0 saturated carbocycles. The number of anilines is 2. The molecule has 1 aliphatic rings. The highest BCUT2D eigenvalue weighted by Gasteiger charge is 2.26. The molecule has 1 aromatic heterocycles. The van der Waals surface area contributed by atoms with Crippen molar-refractivity contribution in [2.24, 2.45) is 0 Å². The van der Waals surface area contributed by atoms with Gasteiger partial charge < -0.3 is 19.7 Å². The normalized spacial score (nSPS) is 12.4. The lowest BCUT2D eigenvalue weighted by molar-refractivity contribution is -0.121. The molecule has 0 aliphatic carbocycles. The second kappa shape index (κ2) is 9.60. The number of amides is 1. The minimum Gasteiger partial charge on any atom is -0.493 e. The van der Waals surface area contributed by atoms with Gasteiger partial charge in [-0.25, -0.2) is 4.68 Å². The number of nitrogens with zero attached hydrogens (tertiary/aromatic N) is 4. The van der Waals surface area contributed by atoms with Crippen molar-refractivity contribution in [2.75, 3.05) is 32.2 Å². The molecule has 0 spiro atoms. The number of methoxy groups -OCH3 is 2. The third-order valence-electron chi connectivity index (χ3n) is 5.45. The van der Waals surface area contributed by atoms with Gasteiger partial charge >= 0.3 is 11.1 Å². The van der Waals surface area contributed by atoms with Gasteiger partial charge in [0.05, 0.1) is 14.2 Å². The Hall–Kier alpha value is -4.08. The van der Waals surface area contributed by atoms with Crippen molar-refractivity contribution < 1.29 is 14.3 Å². The molecule has 1 amide bonds. The zero-order chi connectivity index (χ0) is 23.4. The molecular formula is C23H25N5O5. The fourth-order valence-corrected chi connectivity index (χ4v) is 3.76. The number of carbonyl (C=O) groups excluding carboxylic acids is 1. The minimum absolute atomic E-state index is 0.337. The molecule has 1 N–H and O–H groups in total. The van der Waals surface area contributed by atoms with E-state index < -0.39 is 17.0 Å². The zero-order valence-corrected chi connectivity index (χ0v) is 18.5. The Morgan fingerprint density at radius 2 is 1.76 bits per heavy atom. The van der Waals surface area contributed by atoms with Crippen molar-refractivity contribution in [1.82, 2.24) is 19.7 Å². The first-order valence-electron chi connectivity index (χ1n) is 10.5. The number of rotatable bonds is 8. The first kappa shape index (κ1) is 22.1. The van der Waals surface area contributed by atoms with Crippen molar-refractivity contribution in [3.63, 3.8) is 0 Å². The molecule has 0 bridgehead atoms. The van der Waals surface area contributed by atoms with Gasteiger partial charge in [-0.05, 0) is 36.2 Å². The molecule has 3 aromatic rings. The molecule has 1 aliphatic heterocycles. The summed E-state index contributed by atoms with van der Waals surface area (Å²) in [7, 11) is 3.13. The Morgan fingerprint density at radius 1 is 1.00 bits per heavy atom. The van der Waals surface area contributed by atoms with Crippen LogP contribution >= 0.6 is 0 Å². The molecule has 0 atom stereocenters. The summed E-state index contributed by atoms with van der Waals surface area (Å²) in [6, 6.07) is 15.0. The van der Waals surface area contributed by atoms with E-state index in [-0.39, 0.29) is 6.54 Å². The van der Waals surface area contributed by atoms with Crippen molar-refractivity contribution in [1.29, 1.82) is 0 Å². The standard InChI is InChI=1S/C23H25N5O5/c1-32-18-9-8-16(14-19(18)33-2)10-11-24-20(29)15-28-22(31)21(30)27-13-12-26(23(27)25-28)17-6-4-3-5-7-17/h3-9,14H,10-13,15H2,1-2H3,(H,24,29). The largest absolute Gasteiger partial charge is 0.493 e. The van der Waals surface area contributed by atoms with Crippen molar-refractivity contribution in [3.05, 3.63) is 74.8 Å². The Morgan fingerprint density at radius 3 is 2.48 bits per heavy atom.